The lowest BCUT2D eigenvalue weighted by Crippen LogP contribution is -2.07. The molecule has 0 aromatic heterocycles. The molecule has 1 rings (SSSR count). The van der Waals surface area contributed by atoms with E-state index in [4.69, 9.17) is 9.84 Å². The van der Waals surface area contributed by atoms with Gasteiger partial charge in [0.1, 0.15) is 11.3 Å². The van der Waals surface area contributed by atoms with Crippen molar-refractivity contribution in [1.82, 2.24) is 0 Å². The topological polar surface area (TPSA) is 89.7 Å². The highest BCUT2D eigenvalue weighted by Crippen LogP contribution is 2.31. The fourth-order valence-corrected chi connectivity index (χ4v) is 1.89. The second-order valence-corrected chi connectivity index (χ2v) is 3.40. The Morgan fingerprint density at radius 3 is 2.62 bits per heavy atom. The number of alkyl halides is 1. The largest absolute Gasteiger partial charge is 0.496 e. The van der Waals surface area contributed by atoms with Crippen LogP contribution < -0.4 is 4.74 Å². The summed E-state index contributed by atoms with van der Waals surface area (Å²) in [4.78, 5) is 20.9. The van der Waals surface area contributed by atoms with Crippen LogP contribution >= 0.6 is 15.9 Å². The highest BCUT2D eigenvalue weighted by atomic mass is 79.9. The standard InChI is InChI=1S/C9H8BrNO5/c1-16-7-3-2-6(11(14)15)8(9(12)13)5(7)4-10/h2-3H,4H2,1H3,(H,12,13). The number of nitro groups is 1. The van der Waals surface area contributed by atoms with Crippen molar-refractivity contribution in [2.24, 2.45) is 0 Å². The molecule has 0 aliphatic carbocycles. The number of carbonyl (C=O) groups is 1. The van der Waals surface area contributed by atoms with Gasteiger partial charge >= 0.3 is 5.97 Å². The third-order valence-corrected chi connectivity index (χ3v) is 2.57. The van der Waals surface area contributed by atoms with Crippen molar-refractivity contribution in [2.75, 3.05) is 7.11 Å². The SMILES string of the molecule is COc1ccc([N+](=O)[O-])c(C(=O)O)c1CBr. The molecule has 0 aliphatic rings. The van der Waals surface area contributed by atoms with Gasteiger partial charge in [0.05, 0.1) is 12.0 Å². The Bertz CT molecular complexity index is 446. The molecule has 0 spiro atoms. The second-order valence-electron chi connectivity index (χ2n) is 2.84. The third-order valence-electron chi connectivity index (χ3n) is 2.01. The summed E-state index contributed by atoms with van der Waals surface area (Å²) in [7, 11) is 1.37. The molecule has 0 heterocycles. The molecule has 0 radical (unpaired) electrons. The number of hydrogen-bond donors (Lipinski definition) is 1. The van der Waals surface area contributed by atoms with Crippen LogP contribution in [0.3, 0.4) is 0 Å². The molecule has 0 saturated heterocycles. The van der Waals surface area contributed by atoms with E-state index in [-0.39, 0.29) is 16.5 Å². The van der Waals surface area contributed by atoms with Gasteiger partial charge in [-0.15, -0.1) is 0 Å². The number of benzene rings is 1. The summed E-state index contributed by atoms with van der Waals surface area (Å²) < 4.78 is 4.95. The van der Waals surface area contributed by atoms with E-state index < -0.39 is 16.6 Å². The first-order valence-corrected chi connectivity index (χ1v) is 5.28. The van der Waals surface area contributed by atoms with Crippen LogP contribution in [-0.4, -0.2) is 23.1 Å². The number of methoxy groups -OCH3 is 1. The quantitative estimate of drug-likeness (QED) is 0.521. The summed E-state index contributed by atoms with van der Waals surface area (Å²) >= 11 is 3.09. The Balaban J connectivity index is 3.56. The van der Waals surface area contributed by atoms with Crippen molar-refractivity contribution < 1.29 is 19.6 Å². The zero-order chi connectivity index (χ0) is 12.3. The number of rotatable bonds is 4. The van der Waals surface area contributed by atoms with Crippen molar-refractivity contribution in [3.05, 3.63) is 33.4 Å². The van der Waals surface area contributed by atoms with Gasteiger partial charge in [0, 0.05) is 17.0 Å². The molecule has 6 nitrogen and oxygen atoms in total. The first-order chi connectivity index (χ1) is 7.52. The average Bonchev–Trinajstić information content (AvgIpc) is 2.26. The molecule has 1 aromatic carbocycles. The number of halogens is 1. The maximum Gasteiger partial charge on any atom is 0.343 e. The minimum Gasteiger partial charge on any atom is -0.496 e. The first-order valence-electron chi connectivity index (χ1n) is 4.16. The molecular weight excluding hydrogens is 282 g/mol. The molecule has 0 fully saturated rings. The van der Waals surface area contributed by atoms with E-state index in [2.05, 4.69) is 15.9 Å². The maximum atomic E-state index is 11.0. The number of hydrogen-bond acceptors (Lipinski definition) is 4. The Morgan fingerprint density at radius 1 is 1.62 bits per heavy atom. The number of aromatic carboxylic acids is 1. The van der Waals surface area contributed by atoms with Gasteiger partial charge < -0.3 is 9.84 Å². The molecule has 0 amide bonds. The van der Waals surface area contributed by atoms with Crippen LogP contribution in [0.25, 0.3) is 0 Å². The van der Waals surface area contributed by atoms with E-state index in [0.717, 1.165) is 6.07 Å². The van der Waals surface area contributed by atoms with Crippen molar-refractivity contribution >= 4 is 27.6 Å². The maximum absolute atomic E-state index is 11.0. The summed E-state index contributed by atoms with van der Waals surface area (Å²) in [6.07, 6.45) is 0. The molecule has 86 valence electrons. The fourth-order valence-electron chi connectivity index (χ4n) is 1.33. The highest BCUT2D eigenvalue weighted by Gasteiger charge is 2.25. The lowest BCUT2D eigenvalue weighted by molar-refractivity contribution is -0.385. The van der Waals surface area contributed by atoms with Crippen molar-refractivity contribution in [3.8, 4) is 5.75 Å². The van der Waals surface area contributed by atoms with E-state index in [1.165, 1.54) is 13.2 Å². The second kappa shape index (κ2) is 4.93. The van der Waals surface area contributed by atoms with Gasteiger partial charge in [0.2, 0.25) is 0 Å². The van der Waals surface area contributed by atoms with Crippen molar-refractivity contribution in [1.29, 1.82) is 0 Å². The zero-order valence-electron chi connectivity index (χ0n) is 8.27. The van der Waals surface area contributed by atoms with Crippen LogP contribution in [0.5, 0.6) is 5.75 Å². The number of ether oxygens (including phenoxy) is 1. The predicted octanol–water partition coefficient (Wildman–Crippen LogP) is 2.20. The average molecular weight is 290 g/mol. The molecule has 0 saturated carbocycles. The van der Waals surface area contributed by atoms with Crippen molar-refractivity contribution in [3.63, 3.8) is 0 Å². The molecule has 0 atom stereocenters. The van der Waals surface area contributed by atoms with Crippen LogP contribution in [0.4, 0.5) is 5.69 Å². The summed E-state index contributed by atoms with van der Waals surface area (Å²) in [5.41, 5.74) is -0.534. The molecule has 0 bridgehead atoms. The molecule has 7 heteroatoms. The van der Waals surface area contributed by atoms with Crippen LogP contribution in [0.2, 0.25) is 0 Å². The summed E-state index contributed by atoms with van der Waals surface area (Å²) in [6, 6.07) is 2.50. The summed E-state index contributed by atoms with van der Waals surface area (Å²) in [5, 5.41) is 19.8. The van der Waals surface area contributed by atoms with Gasteiger partial charge in [-0.1, -0.05) is 15.9 Å². The first kappa shape index (κ1) is 12.4. The van der Waals surface area contributed by atoms with Gasteiger partial charge in [-0.2, -0.15) is 0 Å². The van der Waals surface area contributed by atoms with Crippen LogP contribution in [0, 0.1) is 10.1 Å². The Morgan fingerprint density at radius 2 is 2.25 bits per heavy atom. The Labute approximate surface area is 99.1 Å². The van der Waals surface area contributed by atoms with Gasteiger partial charge in [-0.05, 0) is 6.07 Å². The summed E-state index contributed by atoms with van der Waals surface area (Å²) in [5.74, 6) is -1.04. The van der Waals surface area contributed by atoms with Crippen LogP contribution in [-0.2, 0) is 5.33 Å². The normalized spacial score (nSPS) is 9.88. The molecular formula is C9H8BrNO5. The lowest BCUT2D eigenvalue weighted by Gasteiger charge is -2.09. The Hall–Kier alpha value is -1.63. The molecule has 1 N–H and O–H groups in total. The van der Waals surface area contributed by atoms with E-state index in [0.29, 0.717) is 5.75 Å². The van der Waals surface area contributed by atoms with E-state index >= 15 is 0 Å². The number of carboxylic acids is 1. The van der Waals surface area contributed by atoms with E-state index in [1.54, 1.807) is 0 Å². The molecule has 1 aromatic rings. The monoisotopic (exact) mass is 289 g/mol. The van der Waals surface area contributed by atoms with E-state index in [1.807, 2.05) is 0 Å². The van der Waals surface area contributed by atoms with Gasteiger partial charge in [-0.3, -0.25) is 10.1 Å². The van der Waals surface area contributed by atoms with Crippen LogP contribution in [0.1, 0.15) is 15.9 Å². The fraction of sp³-hybridized carbons (Fsp3) is 0.222. The number of carboxylic acid groups (broad SMARTS) is 1. The summed E-state index contributed by atoms with van der Waals surface area (Å²) in [6.45, 7) is 0. The van der Waals surface area contributed by atoms with Gasteiger partial charge in [0.25, 0.3) is 5.69 Å². The van der Waals surface area contributed by atoms with Crippen molar-refractivity contribution in [2.45, 2.75) is 5.33 Å². The zero-order valence-corrected chi connectivity index (χ0v) is 9.85. The predicted molar refractivity (Wildman–Crippen MR) is 59.2 cm³/mol. The number of nitrogens with zero attached hydrogens (tertiary/aromatic N) is 1. The van der Waals surface area contributed by atoms with Gasteiger partial charge in [0.15, 0.2) is 0 Å². The van der Waals surface area contributed by atoms with E-state index in [9.17, 15) is 14.9 Å². The third kappa shape index (κ3) is 2.13. The number of nitro benzene ring substituents is 1. The van der Waals surface area contributed by atoms with Gasteiger partial charge in [-0.25, -0.2) is 4.79 Å². The molecule has 0 aliphatic heterocycles. The highest BCUT2D eigenvalue weighted by molar-refractivity contribution is 9.08. The molecule has 16 heavy (non-hydrogen) atoms. The lowest BCUT2D eigenvalue weighted by atomic mass is 10.1. The molecule has 0 unspecified atom stereocenters. The smallest absolute Gasteiger partial charge is 0.343 e. The Kier molecular flexibility index (Phi) is 3.83. The minimum absolute atomic E-state index is 0.166. The minimum atomic E-state index is -1.35. The van der Waals surface area contributed by atoms with Crippen LogP contribution in [0.15, 0.2) is 12.1 Å².